The summed E-state index contributed by atoms with van der Waals surface area (Å²) in [5.41, 5.74) is 4.30. The summed E-state index contributed by atoms with van der Waals surface area (Å²) in [6.45, 7) is 0.780. The summed E-state index contributed by atoms with van der Waals surface area (Å²) in [6.07, 6.45) is 0.764. The van der Waals surface area contributed by atoms with Crippen molar-refractivity contribution in [2.45, 2.75) is 17.9 Å². The number of sulfonamides is 1. The van der Waals surface area contributed by atoms with Gasteiger partial charge < -0.3 is 5.32 Å². The molecule has 0 bridgehead atoms. The topological polar surface area (TPSA) is 75.3 Å². The molecule has 4 rings (SSSR count). The van der Waals surface area contributed by atoms with E-state index in [9.17, 15) is 13.2 Å². The molecule has 4 aromatic rings. The van der Waals surface area contributed by atoms with Crippen molar-refractivity contribution in [3.05, 3.63) is 126 Å². The summed E-state index contributed by atoms with van der Waals surface area (Å²) in [5.74, 6) is -0.137. The molecule has 0 aromatic heterocycles. The van der Waals surface area contributed by atoms with Crippen LogP contribution in [0.1, 0.15) is 21.5 Å². The van der Waals surface area contributed by atoms with Gasteiger partial charge in [0.05, 0.1) is 4.90 Å². The molecular formula is C28H26N2O3S. The van der Waals surface area contributed by atoms with Crippen LogP contribution in [0.25, 0.3) is 11.1 Å². The van der Waals surface area contributed by atoms with Crippen LogP contribution in [0.5, 0.6) is 0 Å². The third-order valence-corrected chi connectivity index (χ3v) is 6.89. The molecule has 0 spiro atoms. The lowest BCUT2D eigenvalue weighted by Crippen LogP contribution is -2.25. The van der Waals surface area contributed by atoms with Crippen LogP contribution in [0, 0.1) is 0 Å². The number of hydrogen-bond donors (Lipinski definition) is 2. The van der Waals surface area contributed by atoms with Crippen LogP contribution in [0.4, 0.5) is 0 Å². The van der Waals surface area contributed by atoms with E-state index in [2.05, 4.69) is 10.0 Å². The molecule has 0 saturated carbocycles. The van der Waals surface area contributed by atoms with Gasteiger partial charge in [0.25, 0.3) is 5.91 Å². The number of amides is 1. The molecule has 0 atom stereocenters. The van der Waals surface area contributed by atoms with Crippen molar-refractivity contribution in [2.75, 3.05) is 6.54 Å². The molecule has 34 heavy (non-hydrogen) atoms. The average molecular weight is 471 g/mol. The first kappa shape index (κ1) is 23.4. The Hall–Kier alpha value is -3.74. The van der Waals surface area contributed by atoms with E-state index in [1.165, 1.54) is 5.56 Å². The lowest BCUT2D eigenvalue weighted by molar-refractivity contribution is 0.0954. The highest BCUT2D eigenvalue weighted by atomic mass is 32.2. The van der Waals surface area contributed by atoms with E-state index >= 15 is 0 Å². The van der Waals surface area contributed by atoms with Crippen molar-refractivity contribution < 1.29 is 13.2 Å². The Morgan fingerprint density at radius 2 is 1.32 bits per heavy atom. The van der Waals surface area contributed by atoms with Gasteiger partial charge in [-0.2, -0.15) is 0 Å². The first-order valence-corrected chi connectivity index (χ1v) is 12.6. The van der Waals surface area contributed by atoms with E-state index in [-0.39, 0.29) is 17.3 Å². The fourth-order valence-corrected chi connectivity index (χ4v) is 4.61. The summed E-state index contributed by atoms with van der Waals surface area (Å²) in [6, 6.07) is 33.4. The molecule has 2 N–H and O–H groups in total. The Bertz CT molecular complexity index is 1340. The Balaban J connectivity index is 1.39. The van der Waals surface area contributed by atoms with Crippen LogP contribution in [0.3, 0.4) is 0 Å². The number of hydrogen-bond acceptors (Lipinski definition) is 3. The van der Waals surface area contributed by atoms with E-state index < -0.39 is 10.0 Å². The number of carbonyl (C=O) groups excluding carboxylic acids is 1. The van der Waals surface area contributed by atoms with Gasteiger partial charge in [-0.05, 0) is 52.9 Å². The summed E-state index contributed by atoms with van der Waals surface area (Å²) in [7, 11) is -3.63. The maximum Gasteiger partial charge on any atom is 0.251 e. The average Bonchev–Trinajstić information content (AvgIpc) is 2.89. The molecule has 0 aliphatic rings. The number of rotatable bonds is 9. The lowest BCUT2D eigenvalue weighted by Gasteiger charge is -2.09. The summed E-state index contributed by atoms with van der Waals surface area (Å²) in [4.78, 5) is 12.8. The van der Waals surface area contributed by atoms with E-state index in [0.717, 1.165) is 23.1 Å². The van der Waals surface area contributed by atoms with Crippen LogP contribution in [-0.2, 0) is 23.0 Å². The zero-order valence-electron chi connectivity index (χ0n) is 18.6. The number of carbonyl (C=O) groups is 1. The minimum absolute atomic E-state index is 0.137. The molecule has 0 fully saturated rings. The largest absolute Gasteiger partial charge is 0.352 e. The maximum atomic E-state index is 12.6. The Labute approximate surface area is 200 Å². The predicted octanol–water partition coefficient (Wildman–Crippen LogP) is 4.80. The first-order chi connectivity index (χ1) is 16.5. The van der Waals surface area contributed by atoms with Crippen molar-refractivity contribution in [3.8, 4) is 11.1 Å². The molecule has 0 unspecified atom stereocenters. The summed E-state index contributed by atoms with van der Waals surface area (Å²) < 4.78 is 27.9. The minimum atomic E-state index is -3.63. The predicted molar refractivity (Wildman–Crippen MR) is 135 cm³/mol. The van der Waals surface area contributed by atoms with Crippen LogP contribution in [-0.4, -0.2) is 20.9 Å². The van der Waals surface area contributed by atoms with Crippen LogP contribution >= 0.6 is 0 Å². The van der Waals surface area contributed by atoms with Crippen molar-refractivity contribution >= 4 is 15.9 Å². The Morgan fingerprint density at radius 3 is 2.00 bits per heavy atom. The third-order valence-electron chi connectivity index (χ3n) is 5.47. The third kappa shape index (κ3) is 6.19. The summed E-state index contributed by atoms with van der Waals surface area (Å²) >= 11 is 0. The van der Waals surface area contributed by atoms with E-state index in [4.69, 9.17) is 0 Å². The van der Waals surface area contributed by atoms with Crippen LogP contribution in [0.15, 0.2) is 114 Å². The monoisotopic (exact) mass is 470 g/mol. The van der Waals surface area contributed by atoms with Gasteiger partial charge in [-0.15, -0.1) is 0 Å². The van der Waals surface area contributed by atoms with Crippen molar-refractivity contribution in [2.24, 2.45) is 0 Å². The van der Waals surface area contributed by atoms with Gasteiger partial charge in [-0.1, -0.05) is 84.9 Å². The van der Waals surface area contributed by atoms with Gasteiger partial charge in [0.2, 0.25) is 10.0 Å². The molecule has 4 aromatic carbocycles. The molecule has 172 valence electrons. The van der Waals surface area contributed by atoms with E-state index in [1.54, 1.807) is 30.3 Å². The van der Waals surface area contributed by atoms with Gasteiger partial charge in [0.1, 0.15) is 0 Å². The van der Waals surface area contributed by atoms with E-state index in [0.29, 0.717) is 12.1 Å². The highest BCUT2D eigenvalue weighted by molar-refractivity contribution is 7.89. The smallest absolute Gasteiger partial charge is 0.251 e. The number of nitrogens with one attached hydrogen (secondary N) is 2. The highest BCUT2D eigenvalue weighted by Crippen LogP contribution is 2.22. The highest BCUT2D eigenvalue weighted by Gasteiger charge is 2.14. The standard InChI is InChI=1S/C28H26N2O3S/c31-28(29-19-18-22-8-3-1-4-9-22)26-13-7-12-25(20-26)24-14-16-27(17-15-24)34(32,33)30-21-23-10-5-2-6-11-23/h1-17,20,30H,18-19,21H2,(H,29,31). The number of benzene rings is 4. The van der Waals surface area contributed by atoms with E-state index in [1.807, 2.05) is 78.9 Å². The van der Waals surface area contributed by atoms with Gasteiger partial charge in [-0.25, -0.2) is 13.1 Å². The summed E-state index contributed by atoms with van der Waals surface area (Å²) in [5, 5.41) is 2.96. The zero-order chi connectivity index (χ0) is 23.8. The lowest BCUT2D eigenvalue weighted by atomic mass is 10.0. The minimum Gasteiger partial charge on any atom is -0.352 e. The molecule has 0 radical (unpaired) electrons. The van der Waals surface area contributed by atoms with Crippen molar-refractivity contribution in [1.82, 2.24) is 10.0 Å². The molecule has 0 saturated heterocycles. The second-order valence-corrected chi connectivity index (χ2v) is 9.67. The van der Waals surface area contributed by atoms with Gasteiger partial charge in [0, 0.05) is 18.7 Å². The molecular weight excluding hydrogens is 444 g/mol. The fourth-order valence-electron chi connectivity index (χ4n) is 3.59. The molecule has 1 amide bonds. The SMILES string of the molecule is O=C(NCCc1ccccc1)c1cccc(-c2ccc(S(=O)(=O)NCc3ccccc3)cc2)c1. The molecule has 0 heterocycles. The maximum absolute atomic E-state index is 12.6. The van der Waals surface area contributed by atoms with Gasteiger partial charge in [0.15, 0.2) is 0 Å². The Morgan fingerprint density at radius 1 is 0.676 bits per heavy atom. The van der Waals surface area contributed by atoms with Crippen molar-refractivity contribution in [3.63, 3.8) is 0 Å². The second kappa shape index (κ2) is 10.9. The molecule has 0 aliphatic carbocycles. The molecule has 6 heteroatoms. The quantitative estimate of drug-likeness (QED) is 0.369. The van der Waals surface area contributed by atoms with Crippen molar-refractivity contribution in [1.29, 1.82) is 0 Å². The van der Waals surface area contributed by atoms with Gasteiger partial charge >= 0.3 is 0 Å². The Kier molecular flexibility index (Phi) is 7.52. The van der Waals surface area contributed by atoms with Crippen LogP contribution < -0.4 is 10.0 Å². The molecule has 5 nitrogen and oxygen atoms in total. The normalized spacial score (nSPS) is 11.2. The fraction of sp³-hybridized carbons (Fsp3) is 0.107. The van der Waals surface area contributed by atoms with Gasteiger partial charge in [-0.3, -0.25) is 4.79 Å². The first-order valence-electron chi connectivity index (χ1n) is 11.1. The zero-order valence-corrected chi connectivity index (χ0v) is 19.5. The van der Waals surface area contributed by atoms with Crippen LogP contribution in [0.2, 0.25) is 0 Å². The second-order valence-electron chi connectivity index (χ2n) is 7.91. The molecule has 0 aliphatic heterocycles.